The van der Waals surface area contributed by atoms with Gasteiger partial charge in [-0.2, -0.15) is 0 Å². The minimum absolute atomic E-state index is 0.0335. The van der Waals surface area contributed by atoms with Crippen LogP contribution in [0, 0.1) is 11.3 Å². The van der Waals surface area contributed by atoms with Crippen LogP contribution in [0.15, 0.2) is 24.3 Å². The van der Waals surface area contributed by atoms with E-state index in [0.717, 1.165) is 0 Å². The van der Waals surface area contributed by atoms with Crippen molar-refractivity contribution in [1.82, 2.24) is 0 Å². The van der Waals surface area contributed by atoms with Crippen LogP contribution in [0.3, 0.4) is 0 Å². The van der Waals surface area contributed by atoms with E-state index in [-0.39, 0.29) is 36.2 Å². The highest BCUT2D eigenvalue weighted by Gasteiger charge is 2.32. The summed E-state index contributed by atoms with van der Waals surface area (Å²) in [4.78, 5) is 34.9. The first-order chi connectivity index (χ1) is 10.7. The minimum atomic E-state index is -1.21. The van der Waals surface area contributed by atoms with Gasteiger partial charge in [-0.25, -0.2) is 9.59 Å². The normalized spacial score (nSPS) is 11.2. The molecular formula is C17H22O6. The van der Waals surface area contributed by atoms with Crippen molar-refractivity contribution in [3.63, 3.8) is 0 Å². The molecule has 0 fully saturated rings. The molecule has 126 valence electrons. The number of ether oxygens (including phenoxy) is 2. The van der Waals surface area contributed by atoms with E-state index in [9.17, 15) is 14.4 Å². The van der Waals surface area contributed by atoms with E-state index in [2.05, 4.69) is 0 Å². The highest BCUT2D eigenvalue weighted by Crippen LogP contribution is 2.27. The molecule has 0 atom stereocenters. The van der Waals surface area contributed by atoms with Crippen LogP contribution in [0.5, 0.6) is 0 Å². The maximum Gasteiger partial charge on any atom is 0.339 e. The van der Waals surface area contributed by atoms with Crippen molar-refractivity contribution in [1.29, 1.82) is 0 Å². The number of carboxylic acid groups (broad SMARTS) is 1. The molecule has 1 aromatic rings. The van der Waals surface area contributed by atoms with Gasteiger partial charge in [-0.15, -0.1) is 0 Å². The van der Waals surface area contributed by atoms with E-state index < -0.39 is 17.4 Å². The van der Waals surface area contributed by atoms with Gasteiger partial charge in [0.15, 0.2) is 0 Å². The SMILES string of the molecule is CC(C)C(C)(C)C(=O)OCCOC(=O)c1ccccc1C(=O)O. The fourth-order valence-corrected chi connectivity index (χ4v) is 1.62. The molecule has 1 N–H and O–H groups in total. The summed E-state index contributed by atoms with van der Waals surface area (Å²) in [5, 5.41) is 9.02. The van der Waals surface area contributed by atoms with Crippen LogP contribution in [0.1, 0.15) is 48.4 Å². The number of esters is 2. The summed E-state index contributed by atoms with van der Waals surface area (Å²) >= 11 is 0. The van der Waals surface area contributed by atoms with Gasteiger partial charge >= 0.3 is 17.9 Å². The number of carbonyl (C=O) groups excluding carboxylic acids is 2. The lowest BCUT2D eigenvalue weighted by molar-refractivity contribution is -0.157. The van der Waals surface area contributed by atoms with Crippen LogP contribution in [0.2, 0.25) is 0 Å². The number of carboxylic acids is 1. The smallest absolute Gasteiger partial charge is 0.339 e. The molecule has 0 aliphatic heterocycles. The van der Waals surface area contributed by atoms with E-state index in [1.165, 1.54) is 18.2 Å². The molecule has 0 amide bonds. The first kappa shape index (κ1) is 18.7. The zero-order valence-corrected chi connectivity index (χ0v) is 13.8. The van der Waals surface area contributed by atoms with Gasteiger partial charge in [-0.1, -0.05) is 26.0 Å². The van der Waals surface area contributed by atoms with Gasteiger partial charge < -0.3 is 14.6 Å². The van der Waals surface area contributed by atoms with Crippen molar-refractivity contribution in [3.05, 3.63) is 35.4 Å². The average Bonchev–Trinajstić information content (AvgIpc) is 2.50. The van der Waals surface area contributed by atoms with E-state index in [0.29, 0.717) is 0 Å². The standard InChI is InChI=1S/C17H22O6/c1-11(2)17(3,4)16(21)23-10-9-22-15(20)13-8-6-5-7-12(13)14(18)19/h5-8,11H,9-10H2,1-4H3,(H,18,19). The molecule has 0 spiro atoms. The Morgan fingerprint density at radius 1 is 1.04 bits per heavy atom. The second-order valence-electron chi connectivity index (χ2n) is 6.00. The quantitative estimate of drug-likeness (QED) is 0.613. The van der Waals surface area contributed by atoms with Crippen molar-refractivity contribution in [2.24, 2.45) is 11.3 Å². The minimum Gasteiger partial charge on any atom is -0.478 e. The predicted octanol–water partition coefficient (Wildman–Crippen LogP) is 2.77. The van der Waals surface area contributed by atoms with Gasteiger partial charge in [0.1, 0.15) is 13.2 Å². The lowest BCUT2D eigenvalue weighted by atomic mass is 9.81. The van der Waals surface area contributed by atoms with Crippen LogP contribution in [-0.2, 0) is 14.3 Å². The Kier molecular flexibility index (Phi) is 6.30. The van der Waals surface area contributed by atoms with Crippen molar-refractivity contribution < 1.29 is 29.0 Å². The molecule has 0 radical (unpaired) electrons. The highest BCUT2D eigenvalue weighted by atomic mass is 16.6. The van der Waals surface area contributed by atoms with Crippen LogP contribution < -0.4 is 0 Å². The fourth-order valence-electron chi connectivity index (χ4n) is 1.62. The lowest BCUT2D eigenvalue weighted by Crippen LogP contribution is -2.32. The largest absolute Gasteiger partial charge is 0.478 e. The van der Waals surface area contributed by atoms with Crippen molar-refractivity contribution >= 4 is 17.9 Å². The van der Waals surface area contributed by atoms with Crippen LogP contribution in [0.4, 0.5) is 0 Å². The van der Waals surface area contributed by atoms with Gasteiger partial charge in [0.2, 0.25) is 0 Å². The van der Waals surface area contributed by atoms with E-state index >= 15 is 0 Å². The lowest BCUT2D eigenvalue weighted by Gasteiger charge is -2.26. The fraction of sp³-hybridized carbons (Fsp3) is 0.471. The summed E-state index contributed by atoms with van der Waals surface area (Å²) in [6.07, 6.45) is 0. The van der Waals surface area contributed by atoms with Crippen LogP contribution in [-0.4, -0.2) is 36.2 Å². The summed E-state index contributed by atoms with van der Waals surface area (Å²) in [6.45, 7) is 7.21. The summed E-state index contributed by atoms with van der Waals surface area (Å²) in [6, 6.07) is 5.77. The summed E-state index contributed by atoms with van der Waals surface area (Å²) in [5.41, 5.74) is -0.788. The molecule has 0 heterocycles. The molecule has 0 unspecified atom stereocenters. The van der Waals surface area contributed by atoms with Crippen molar-refractivity contribution in [2.75, 3.05) is 13.2 Å². The number of carbonyl (C=O) groups is 3. The number of rotatable bonds is 7. The molecule has 0 saturated heterocycles. The zero-order valence-electron chi connectivity index (χ0n) is 13.8. The summed E-state index contributed by atoms with van der Waals surface area (Å²) in [7, 11) is 0. The molecule has 0 aliphatic rings. The Morgan fingerprint density at radius 3 is 2.09 bits per heavy atom. The van der Waals surface area contributed by atoms with E-state index in [1.807, 2.05) is 13.8 Å². The van der Waals surface area contributed by atoms with Crippen molar-refractivity contribution in [3.8, 4) is 0 Å². The third-order valence-corrected chi connectivity index (χ3v) is 3.90. The summed E-state index contributed by atoms with van der Waals surface area (Å²) in [5.74, 6) is -2.22. The highest BCUT2D eigenvalue weighted by molar-refractivity contribution is 6.02. The molecule has 0 saturated carbocycles. The maximum atomic E-state index is 11.9. The Hall–Kier alpha value is -2.37. The molecule has 6 heteroatoms. The second kappa shape index (κ2) is 7.76. The topological polar surface area (TPSA) is 89.9 Å². The molecule has 0 aliphatic carbocycles. The maximum absolute atomic E-state index is 11.9. The number of benzene rings is 1. The Balaban J connectivity index is 2.53. The summed E-state index contributed by atoms with van der Waals surface area (Å²) < 4.78 is 10.1. The second-order valence-corrected chi connectivity index (χ2v) is 6.00. The van der Waals surface area contributed by atoms with Crippen LogP contribution >= 0.6 is 0 Å². The monoisotopic (exact) mass is 322 g/mol. The average molecular weight is 322 g/mol. The Bertz CT molecular complexity index is 589. The Morgan fingerprint density at radius 2 is 1.57 bits per heavy atom. The molecular weight excluding hydrogens is 300 g/mol. The van der Waals surface area contributed by atoms with Gasteiger partial charge in [0.05, 0.1) is 16.5 Å². The zero-order chi connectivity index (χ0) is 17.6. The van der Waals surface area contributed by atoms with Gasteiger partial charge in [-0.05, 0) is 31.9 Å². The third-order valence-electron chi connectivity index (χ3n) is 3.90. The molecule has 1 aromatic carbocycles. The first-order valence-electron chi connectivity index (χ1n) is 7.34. The third kappa shape index (κ3) is 4.81. The number of hydrogen-bond acceptors (Lipinski definition) is 5. The first-order valence-corrected chi connectivity index (χ1v) is 7.34. The van der Waals surface area contributed by atoms with Crippen molar-refractivity contribution in [2.45, 2.75) is 27.7 Å². The van der Waals surface area contributed by atoms with E-state index in [4.69, 9.17) is 14.6 Å². The molecule has 6 nitrogen and oxygen atoms in total. The molecule has 0 bridgehead atoms. The number of hydrogen-bond donors (Lipinski definition) is 1. The number of aromatic carboxylic acids is 1. The molecule has 0 aromatic heterocycles. The molecule has 23 heavy (non-hydrogen) atoms. The van der Waals surface area contributed by atoms with Gasteiger partial charge in [0.25, 0.3) is 0 Å². The van der Waals surface area contributed by atoms with E-state index in [1.54, 1.807) is 19.9 Å². The van der Waals surface area contributed by atoms with Gasteiger partial charge in [0, 0.05) is 0 Å². The molecule has 1 rings (SSSR count). The predicted molar refractivity (Wildman–Crippen MR) is 83.3 cm³/mol. The van der Waals surface area contributed by atoms with Crippen LogP contribution in [0.25, 0.3) is 0 Å². The van der Waals surface area contributed by atoms with Gasteiger partial charge in [-0.3, -0.25) is 4.79 Å². The Labute approximate surface area is 135 Å².